The van der Waals surface area contributed by atoms with Gasteiger partial charge < -0.3 is 19.4 Å². The first-order valence-electron chi connectivity index (χ1n) is 8.90. The molecule has 0 saturated heterocycles. The van der Waals surface area contributed by atoms with Crippen LogP contribution in [0.1, 0.15) is 16.8 Å². The topological polar surface area (TPSA) is 78.3 Å². The van der Waals surface area contributed by atoms with Crippen molar-refractivity contribution in [2.45, 2.75) is 17.7 Å². The van der Waals surface area contributed by atoms with Gasteiger partial charge in [-0.05, 0) is 30.0 Å². The Labute approximate surface area is 171 Å². The van der Waals surface area contributed by atoms with E-state index in [1.807, 2.05) is 47.3 Å². The number of thioether (sulfide) groups is 1. The van der Waals surface area contributed by atoms with Gasteiger partial charge in [0.2, 0.25) is 5.91 Å². The fraction of sp³-hybridized carbons (Fsp3) is 0.316. The van der Waals surface area contributed by atoms with E-state index in [-0.39, 0.29) is 12.0 Å². The zero-order valence-electron chi connectivity index (χ0n) is 15.3. The number of hydrogen-bond acceptors (Lipinski definition) is 7. The van der Waals surface area contributed by atoms with Crippen LogP contribution in [0.2, 0.25) is 0 Å². The monoisotopic (exact) mass is 416 g/mol. The summed E-state index contributed by atoms with van der Waals surface area (Å²) < 4.78 is 13.6. The molecule has 0 saturated carbocycles. The van der Waals surface area contributed by atoms with Gasteiger partial charge in [0.15, 0.2) is 28.6 Å². The molecule has 1 amide bonds. The van der Waals surface area contributed by atoms with Gasteiger partial charge in [-0.3, -0.25) is 4.79 Å². The quantitative estimate of drug-likeness (QED) is 0.597. The fourth-order valence-corrected chi connectivity index (χ4v) is 4.30. The summed E-state index contributed by atoms with van der Waals surface area (Å²) >= 11 is 3.06. The van der Waals surface area contributed by atoms with Crippen molar-refractivity contribution >= 4 is 29.0 Å². The third-order valence-corrected chi connectivity index (χ3v) is 6.23. The van der Waals surface area contributed by atoms with Crippen molar-refractivity contribution < 1.29 is 14.3 Å². The number of carbonyl (C=O) groups excluding carboxylic acids is 1. The second kappa shape index (κ2) is 8.66. The van der Waals surface area contributed by atoms with E-state index < -0.39 is 0 Å². The van der Waals surface area contributed by atoms with Crippen molar-refractivity contribution in [3.8, 4) is 11.5 Å². The number of amides is 1. The Morgan fingerprint density at radius 2 is 2.14 bits per heavy atom. The van der Waals surface area contributed by atoms with Crippen LogP contribution in [-0.2, 0) is 18.3 Å². The molecule has 0 fully saturated rings. The van der Waals surface area contributed by atoms with Gasteiger partial charge in [0.05, 0.1) is 5.75 Å². The van der Waals surface area contributed by atoms with Gasteiger partial charge in [-0.2, -0.15) is 0 Å². The zero-order valence-corrected chi connectivity index (χ0v) is 17.0. The third-order valence-electron chi connectivity index (χ3n) is 4.27. The van der Waals surface area contributed by atoms with Gasteiger partial charge in [0.25, 0.3) is 0 Å². The average molecular weight is 417 g/mol. The van der Waals surface area contributed by atoms with Crippen molar-refractivity contribution in [2.75, 3.05) is 18.9 Å². The van der Waals surface area contributed by atoms with Gasteiger partial charge in [-0.25, -0.2) is 0 Å². The summed E-state index contributed by atoms with van der Waals surface area (Å²) in [6.45, 7) is 1.01. The maximum absolute atomic E-state index is 12.1. The molecule has 1 N–H and O–H groups in total. The first-order chi connectivity index (χ1) is 13.7. The number of benzene rings is 1. The first-order valence-corrected chi connectivity index (χ1v) is 10.8. The molecule has 7 nitrogen and oxygen atoms in total. The van der Waals surface area contributed by atoms with Crippen LogP contribution >= 0.6 is 23.1 Å². The summed E-state index contributed by atoms with van der Waals surface area (Å²) in [6, 6.07) is 11.6. The van der Waals surface area contributed by atoms with E-state index in [4.69, 9.17) is 9.47 Å². The van der Waals surface area contributed by atoms with Crippen LogP contribution < -0.4 is 14.8 Å². The second-order valence-electron chi connectivity index (χ2n) is 6.23. The molecular formula is C19H20N4O3S2. The standard InChI is InChI=1S/C19H20N4O3S2/c1-23-18(16-11-25-14-6-2-3-7-15(14)26-16)21-22-19(23)28-12-17(24)20-9-8-13-5-4-10-27-13/h2-7,10,16H,8-9,11-12H2,1H3,(H,20,24). The van der Waals surface area contributed by atoms with Crippen LogP contribution in [0.4, 0.5) is 0 Å². The number of thiophene rings is 1. The van der Waals surface area contributed by atoms with Crippen LogP contribution in [0.3, 0.4) is 0 Å². The minimum atomic E-state index is -0.332. The van der Waals surface area contributed by atoms with E-state index in [0.717, 1.165) is 12.2 Å². The van der Waals surface area contributed by atoms with Crippen molar-refractivity contribution in [1.82, 2.24) is 20.1 Å². The molecule has 1 aliphatic rings. The van der Waals surface area contributed by atoms with E-state index in [9.17, 15) is 4.79 Å². The molecular weight excluding hydrogens is 396 g/mol. The molecule has 1 aromatic carbocycles. The SMILES string of the molecule is Cn1c(SCC(=O)NCCc2cccs2)nnc1C1COc2ccccc2O1. The summed E-state index contributed by atoms with van der Waals surface area (Å²) in [6.07, 6.45) is 0.518. The van der Waals surface area contributed by atoms with Gasteiger partial charge in [-0.15, -0.1) is 21.5 Å². The smallest absolute Gasteiger partial charge is 0.230 e. The van der Waals surface area contributed by atoms with Gasteiger partial charge >= 0.3 is 0 Å². The predicted molar refractivity (Wildman–Crippen MR) is 108 cm³/mol. The maximum Gasteiger partial charge on any atom is 0.230 e. The molecule has 1 atom stereocenters. The lowest BCUT2D eigenvalue weighted by Crippen LogP contribution is -2.27. The fourth-order valence-electron chi connectivity index (χ4n) is 2.84. The number of rotatable bonds is 7. The summed E-state index contributed by atoms with van der Waals surface area (Å²) in [5.41, 5.74) is 0. The van der Waals surface area contributed by atoms with Crippen LogP contribution in [-0.4, -0.2) is 39.6 Å². The van der Waals surface area contributed by atoms with Crippen molar-refractivity contribution in [2.24, 2.45) is 7.05 Å². The highest BCUT2D eigenvalue weighted by Crippen LogP contribution is 2.35. The number of nitrogens with one attached hydrogen (secondary N) is 1. The van der Waals surface area contributed by atoms with Crippen molar-refractivity contribution in [3.05, 3.63) is 52.5 Å². The molecule has 3 aromatic rings. The highest BCUT2D eigenvalue weighted by molar-refractivity contribution is 7.99. The average Bonchev–Trinajstić information content (AvgIpc) is 3.36. The van der Waals surface area contributed by atoms with Crippen LogP contribution in [0, 0.1) is 0 Å². The molecule has 4 rings (SSSR count). The summed E-state index contributed by atoms with van der Waals surface area (Å²) in [5.74, 6) is 2.38. The number of ether oxygens (including phenoxy) is 2. The summed E-state index contributed by atoms with van der Waals surface area (Å²) in [4.78, 5) is 13.3. The highest BCUT2D eigenvalue weighted by Gasteiger charge is 2.27. The van der Waals surface area contributed by atoms with Crippen LogP contribution in [0.15, 0.2) is 46.9 Å². The Kier molecular flexibility index (Phi) is 5.82. The Balaban J connectivity index is 1.29. The van der Waals surface area contributed by atoms with Gasteiger partial charge in [0, 0.05) is 18.5 Å². The lowest BCUT2D eigenvalue weighted by Gasteiger charge is -2.25. The zero-order chi connectivity index (χ0) is 19.3. The molecule has 0 radical (unpaired) electrons. The molecule has 146 valence electrons. The number of carbonyl (C=O) groups is 1. The van der Waals surface area contributed by atoms with Gasteiger partial charge in [-0.1, -0.05) is 30.0 Å². The minimum absolute atomic E-state index is 0.0164. The third kappa shape index (κ3) is 4.31. The highest BCUT2D eigenvalue weighted by atomic mass is 32.2. The summed E-state index contributed by atoms with van der Waals surface area (Å²) in [7, 11) is 1.87. The molecule has 0 bridgehead atoms. The Hall–Kier alpha value is -2.52. The molecule has 28 heavy (non-hydrogen) atoms. The molecule has 1 aliphatic heterocycles. The van der Waals surface area contributed by atoms with Gasteiger partial charge in [0.1, 0.15) is 6.61 Å². The van der Waals surface area contributed by atoms with E-state index in [2.05, 4.69) is 21.6 Å². The number of hydrogen-bond donors (Lipinski definition) is 1. The largest absolute Gasteiger partial charge is 0.485 e. The number of para-hydroxylation sites is 2. The Morgan fingerprint density at radius 3 is 2.96 bits per heavy atom. The number of fused-ring (bicyclic) bond motifs is 1. The normalized spacial score (nSPS) is 15.4. The lowest BCUT2D eigenvalue weighted by molar-refractivity contribution is -0.118. The molecule has 3 heterocycles. The number of aromatic nitrogens is 3. The Bertz CT molecular complexity index is 943. The van der Waals surface area contributed by atoms with E-state index in [0.29, 0.717) is 35.6 Å². The van der Waals surface area contributed by atoms with Crippen LogP contribution in [0.5, 0.6) is 11.5 Å². The minimum Gasteiger partial charge on any atom is -0.485 e. The molecule has 2 aromatic heterocycles. The second-order valence-corrected chi connectivity index (χ2v) is 8.21. The molecule has 1 unspecified atom stereocenters. The predicted octanol–water partition coefficient (Wildman–Crippen LogP) is 2.84. The first kappa shape index (κ1) is 18.8. The van der Waals surface area contributed by atoms with Crippen LogP contribution in [0.25, 0.3) is 0 Å². The van der Waals surface area contributed by atoms with Crippen molar-refractivity contribution in [3.63, 3.8) is 0 Å². The van der Waals surface area contributed by atoms with E-state index >= 15 is 0 Å². The molecule has 9 heteroatoms. The van der Waals surface area contributed by atoms with Crippen molar-refractivity contribution in [1.29, 1.82) is 0 Å². The van der Waals surface area contributed by atoms with E-state index in [1.165, 1.54) is 16.6 Å². The summed E-state index contributed by atoms with van der Waals surface area (Å²) in [5, 5.41) is 14.1. The number of nitrogens with zero attached hydrogens (tertiary/aromatic N) is 3. The lowest BCUT2D eigenvalue weighted by atomic mass is 10.2. The Morgan fingerprint density at radius 1 is 1.29 bits per heavy atom. The molecule has 0 spiro atoms. The molecule has 0 aliphatic carbocycles. The maximum atomic E-state index is 12.1. The van der Waals surface area contributed by atoms with E-state index in [1.54, 1.807) is 11.3 Å².